The van der Waals surface area contributed by atoms with Crippen molar-refractivity contribution < 1.29 is 13.2 Å². The van der Waals surface area contributed by atoms with Gasteiger partial charge in [0.25, 0.3) is 15.9 Å². The Balaban J connectivity index is 1.15. The van der Waals surface area contributed by atoms with E-state index in [4.69, 9.17) is 0 Å². The third-order valence-corrected chi connectivity index (χ3v) is 7.65. The Morgan fingerprint density at radius 2 is 1.83 bits per heavy atom. The molecule has 0 saturated carbocycles. The van der Waals surface area contributed by atoms with E-state index in [0.29, 0.717) is 29.9 Å². The fourth-order valence-corrected chi connectivity index (χ4v) is 5.71. The van der Waals surface area contributed by atoms with Crippen LogP contribution in [0.3, 0.4) is 0 Å². The number of fused-ring (bicyclic) bond motifs is 2. The molecule has 0 fully saturated rings. The van der Waals surface area contributed by atoms with E-state index >= 15 is 0 Å². The molecule has 2 aromatic heterocycles. The van der Waals surface area contributed by atoms with Crippen molar-refractivity contribution >= 4 is 44.1 Å². The highest BCUT2D eigenvalue weighted by atomic mass is 32.2. The Bertz CT molecular complexity index is 1640. The second-order valence-corrected chi connectivity index (χ2v) is 10.0. The lowest BCUT2D eigenvalue weighted by molar-refractivity contribution is 0.0773. The Labute approximate surface area is 202 Å². The number of pyridine rings is 1. The first kappa shape index (κ1) is 21.3. The number of anilines is 1. The number of carbonyl (C=O) groups excluding carboxylic acids is 1. The summed E-state index contributed by atoms with van der Waals surface area (Å²) in [7, 11) is -3.69. The zero-order valence-electron chi connectivity index (χ0n) is 18.6. The molecule has 0 radical (unpaired) electrons. The molecule has 0 saturated heterocycles. The molecule has 2 N–H and O–H groups in total. The van der Waals surface area contributed by atoms with Crippen LogP contribution in [0.4, 0.5) is 5.69 Å². The van der Waals surface area contributed by atoms with Crippen molar-refractivity contribution in [2.45, 2.75) is 11.3 Å². The second kappa shape index (κ2) is 8.21. The first-order chi connectivity index (χ1) is 17.0. The number of hydrogen-bond acceptors (Lipinski definition) is 5. The van der Waals surface area contributed by atoms with E-state index < -0.39 is 10.0 Å². The molecule has 0 aliphatic carbocycles. The van der Waals surface area contributed by atoms with Gasteiger partial charge in [-0.05, 0) is 60.5 Å². The number of hydrogen-bond donors (Lipinski definition) is 2. The summed E-state index contributed by atoms with van der Waals surface area (Å²) in [6.07, 6.45) is 6.61. The highest BCUT2D eigenvalue weighted by Crippen LogP contribution is 2.29. The van der Waals surface area contributed by atoms with Gasteiger partial charge in [-0.25, -0.2) is 4.98 Å². The normalized spacial score (nSPS) is 16.5. The van der Waals surface area contributed by atoms with E-state index in [9.17, 15) is 13.2 Å². The summed E-state index contributed by atoms with van der Waals surface area (Å²) >= 11 is 0. The van der Waals surface area contributed by atoms with Crippen LogP contribution in [0.15, 0.2) is 88.4 Å². The van der Waals surface area contributed by atoms with E-state index in [0.717, 1.165) is 23.0 Å². The minimum Gasteiger partial charge on any atom is -0.346 e. The number of sulfonamides is 1. The van der Waals surface area contributed by atoms with Crippen molar-refractivity contribution in [2.24, 2.45) is 4.40 Å². The minimum atomic E-state index is -3.69. The summed E-state index contributed by atoms with van der Waals surface area (Å²) < 4.78 is 28.3. The zero-order valence-corrected chi connectivity index (χ0v) is 19.4. The van der Waals surface area contributed by atoms with Crippen molar-refractivity contribution in [3.8, 4) is 0 Å². The maximum absolute atomic E-state index is 13.1. The van der Waals surface area contributed by atoms with E-state index in [1.54, 1.807) is 54.7 Å². The molecule has 4 aromatic rings. The van der Waals surface area contributed by atoms with E-state index in [-0.39, 0.29) is 16.6 Å². The minimum absolute atomic E-state index is 0.0430. The molecule has 0 spiro atoms. The van der Waals surface area contributed by atoms with Crippen molar-refractivity contribution in [1.82, 2.24) is 14.9 Å². The van der Waals surface area contributed by atoms with Gasteiger partial charge >= 0.3 is 0 Å². The molecular weight excluding hydrogens is 462 g/mol. The number of rotatable bonds is 3. The van der Waals surface area contributed by atoms with Crippen LogP contribution >= 0.6 is 0 Å². The number of H-pyrrole nitrogens is 1. The fraction of sp³-hybridized carbons (Fsp3) is 0.115. The van der Waals surface area contributed by atoms with Crippen LogP contribution < -0.4 is 5.32 Å². The number of aromatic nitrogens is 2. The van der Waals surface area contributed by atoms with Crippen LogP contribution in [-0.2, 0) is 10.0 Å². The number of benzene rings is 2. The molecule has 9 heteroatoms. The van der Waals surface area contributed by atoms with Gasteiger partial charge in [0.15, 0.2) is 5.84 Å². The zero-order chi connectivity index (χ0) is 24.0. The first-order valence-corrected chi connectivity index (χ1v) is 12.7. The topological polar surface area (TPSA) is 108 Å². The smallest absolute Gasteiger partial charge is 0.285 e. The third kappa shape index (κ3) is 3.79. The Hall–Kier alpha value is -4.24. The Kier molecular flexibility index (Phi) is 5.00. The highest BCUT2D eigenvalue weighted by molar-refractivity contribution is 7.90. The molecule has 8 nitrogen and oxygen atoms in total. The maximum Gasteiger partial charge on any atom is 0.285 e. The lowest BCUT2D eigenvalue weighted by atomic mass is 9.99. The molecule has 2 aliphatic heterocycles. The molecular formula is C26H21N5O3S. The van der Waals surface area contributed by atoms with Gasteiger partial charge in [0.05, 0.1) is 0 Å². The number of carbonyl (C=O) groups is 1. The molecule has 0 unspecified atom stereocenters. The molecule has 0 bridgehead atoms. The van der Waals surface area contributed by atoms with Crippen LogP contribution in [0.5, 0.6) is 0 Å². The summed E-state index contributed by atoms with van der Waals surface area (Å²) in [4.78, 5) is 22.6. The summed E-state index contributed by atoms with van der Waals surface area (Å²) in [6.45, 7) is 1.16. The number of amides is 1. The number of nitrogens with zero attached hydrogens (tertiary/aromatic N) is 3. The number of amidine groups is 1. The molecule has 35 heavy (non-hydrogen) atoms. The SMILES string of the molecule is O=C(c1ccc(NC2=NS(=O)(=O)c3ccccc32)cc1)N1CC=C(c2c[nH]c3ncccc23)CC1. The predicted molar refractivity (Wildman–Crippen MR) is 135 cm³/mol. The molecule has 1 amide bonds. The van der Waals surface area contributed by atoms with Gasteiger partial charge in [-0.1, -0.05) is 18.2 Å². The summed E-state index contributed by atoms with van der Waals surface area (Å²) in [5.41, 5.74) is 4.97. The van der Waals surface area contributed by atoms with Gasteiger partial charge < -0.3 is 15.2 Å². The van der Waals surface area contributed by atoms with Crippen molar-refractivity contribution in [3.05, 3.63) is 95.8 Å². The lowest BCUT2D eigenvalue weighted by Crippen LogP contribution is -2.34. The van der Waals surface area contributed by atoms with Crippen LogP contribution in [0, 0.1) is 0 Å². The van der Waals surface area contributed by atoms with Gasteiger partial charge in [-0.3, -0.25) is 4.79 Å². The molecule has 6 rings (SSSR count). The summed E-state index contributed by atoms with van der Waals surface area (Å²) in [6, 6.07) is 17.7. The molecule has 0 atom stereocenters. The monoisotopic (exact) mass is 483 g/mol. The van der Waals surface area contributed by atoms with E-state index in [1.807, 2.05) is 23.2 Å². The fourth-order valence-electron chi connectivity index (χ4n) is 4.53. The number of aromatic amines is 1. The number of nitrogens with one attached hydrogen (secondary N) is 2. The van der Waals surface area contributed by atoms with Crippen LogP contribution in [-0.4, -0.2) is 48.1 Å². The quantitative estimate of drug-likeness (QED) is 0.457. The van der Waals surface area contributed by atoms with Crippen LogP contribution in [0.1, 0.15) is 27.9 Å². The third-order valence-electron chi connectivity index (χ3n) is 6.32. The van der Waals surface area contributed by atoms with E-state index in [1.165, 1.54) is 5.57 Å². The standard InChI is InChI=1S/C26H21N5O3S/c32-26(31-14-11-17(12-15-31)22-16-28-24-20(22)5-3-13-27-24)18-7-9-19(10-8-18)29-25-21-4-1-2-6-23(21)35(33,34)30-25/h1-11,13,16H,12,14-15H2,(H,27,28)(H,29,30). The van der Waals surface area contributed by atoms with Gasteiger partial charge in [0, 0.05) is 53.2 Å². The average Bonchev–Trinajstić information content (AvgIpc) is 3.43. The molecule has 2 aromatic carbocycles. The Morgan fingerprint density at radius 3 is 2.63 bits per heavy atom. The molecule has 2 aliphatic rings. The largest absolute Gasteiger partial charge is 0.346 e. The highest BCUT2D eigenvalue weighted by Gasteiger charge is 2.28. The van der Waals surface area contributed by atoms with Gasteiger partial charge in [-0.15, -0.1) is 4.40 Å². The summed E-state index contributed by atoms with van der Waals surface area (Å²) in [5, 5.41) is 4.15. The van der Waals surface area contributed by atoms with Gasteiger partial charge in [0.1, 0.15) is 10.5 Å². The van der Waals surface area contributed by atoms with Crippen molar-refractivity contribution in [3.63, 3.8) is 0 Å². The Morgan fingerprint density at radius 1 is 1.00 bits per heavy atom. The summed E-state index contributed by atoms with van der Waals surface area (Å²) in [5.74, 6) is 0.236. The van der Waals surface area contributed by atoms with Gasteiger partial charge in [-0.2, -0.15) is 8.42 Å². The van der Waals surface area contributed by atoms with Crippen LogP contribution in [0.2, 0.25) is 0 Å². The maximum atomic E-state index is 13.1. The predicted octanol–water partition coefficient (Wildman–Crippen LogP) is 4.05. The first-order valence-electron chi connectivity index (χ1n) is 11.2. The second-order valence-electron chi connectivity index (χ2n) is 8.45. The van der Waals surface area contributed by atoms with Crippen LogP contribution in [0.25, 0.3) is 16.6 Å². The average molecular weight is 484 g/mol. The van der Waals surface area contributed by atoms with Crippen molar-refractivity contribution in [2.75, 3.05) is 18.4 Å². The van der Waals surface area contributed by atoms with E-state index in [2.05, 4.69) is 25.8 Å². The molecule has 4 heterocycles. The molecule has 174 valence electrons. The van der Waals surface area contributed by atoms with Crippen molar-refractivity contribution in [1.29, 1.82) is 0 Å². The van der Waals surface area contributed by atoms with Gasteiger partial charge in [0.2, 0.25) is 0 Å². The lowest BCUT2D eigenvalue weighted by Gasteiger charge is -2.26.